The molecule has 29 heavy (non-hydrogen) atoms. The Morgan fingerprint density at radius 3 is 2.62 bits per heavy atom. The molecule has 2 aromatic carbocycles. The number of sulfonamides is 1. The van der Waals surface area contributed by atoms with Crippen LogP contribution in [0.4, 0.5) is 5.69 Å². The number of hydrogen-bond donors (Lipinski definition) is 1. The summed E-state index contributed by atoms with van der Waals surface area (Å²) in [7, 11) is -3.70. The van der Waals surface area contributed by atoms with Gasteiger partial charge in [0.25, 0.3) is 5.91 Å². The van der Waals surface area contributed by atoms with Gasteiger partial charge in [0, 0.05) is 13.2 Å². The van der Waals surface area contributed by atoms with Crippen LogP contribution < -0.4 is 14.4 Å². The van der Waals surface area contributed by atoms with Crippen LogP contribution in [0, 0.1) is 0 Å². The fourth-order valence-electron chi connectivity index (χ4n) is 3.60. The van der Waals surface area contributed by atoms with Crippen LogP contribution in [0.15, 0.2) is 54.6 Å². The van der Waals surface area contributed by atoms with Crippen LogP contribution in [-0.2, 0) is 25.3 Å². The van der Waals surface area contributed by atoms with E-state index in [2.05, 4.69) is 5.32 Å². The molecule has 0 aliphatic carbocycles. The third-order valence-electron chi connectivity index (χ3n) is 5.08. The number of fused-ring (bicyclic) bond motifs is 1. The van der Waals surface area contributed by atoms with Gasteiger partial charge in [-0.05, 0) is 30.5 Å². The normalized spacial score (nSPS) is 21.3. The number of rotatable bonds is 6. The molecule has 2 atom stereocenters. The lowest BCUT2D eigenvalue weighted by Crippen LogP contribution is -2.51. The highest BCUT2D eigenvalue weighted by atomic mass is 32.2. The van der Waals surface area contributed by atoms with Crippen LogP contribution in [0.5, 0.6) is 5.75 Å². The summed E-state index contributed by atoms with van der Waals surface area (Å²) in [5.74, 6) is -0.102. The highest BCUT2D eigenvalue weighted by molar-refractivity contribution is 7.92. The molecule has 1 amide bonds. The summed E-state index contributed by atoms with van der Waals surface area (Å²) in [4.78, 5) is 12.7. The lowest BCUT2D eigenvalue weighted by atomic mass is 10.2. The number of anilines is 1. The van der Waals surface area contributed by atoms with Crippen LogP contribution in [0.25, 0.3) is 0 Å². The average molecular weight is 416 g/mol. The zero-order valence-electron chi connectivity index (χ0n) is 16.0. The molecule has 2 aromatic rings. The molecule has 0 saturated carbocycles. The average Bonchev–Trinajstić information content (AvgIpc) is 3.25. The lowest BCUT2D eigenvalue weighted by Gasteiger charge is -2.34. The van der Waals surface area contributed by atoms with E-state index in [-0.39, 0.29) is 24.3 Å². The molecule has 0 bridgehead atoms. The second kappa shape index (κ2) is 8.42. The highest BCUT2D eigenvalue weighted by Gasteiger charge is 2.36. The zero-order chi connectivity index (χ0) is 20.3. The molecule has 2 aliphatic rings. The zero-order valence-corrected chi connectivity index (χ0v) is 16.8. The van der Waals surface area contributed by atoms with Crippen molar-refractivity contribution in [2.45, 2.75) is 30.8 Å². The first-order chi connectivity index (χ1) is 14.0. The van der Waals surface area contributed by atoms with Gasteiger partial charge in [0.2, 0.25) is 10.0 Å². The first-order valence-corrected chi connectivity index (χ1v) is 11.3. The van der Waals surface area contributed by atoms with E-state index in [0.29, 0.717) is 30.2 Å². The van der Waals surface area contributed by atoms with Gasteiger partial charge in [-0.3, -0.25) is 9.10 Å². The van der Waals surface area contributed by atoms with Gasteiger partial charge in [0.15, 0.2) is 6.10 Å². The van der Waals surface area contributed by atoms with E-state index in [1.54, 1.807) is 48.5 Å². The first-order valence-electron chi connectivity index (χ1n) is 9.72. The Hall–Kier alpha value is -2.58. The third kappa shape index (κ3) is 4.54. The van der Waals surface area contributed by atoms with Crippen molar-refractivity contribution in [3.63, 3.8) is 0 Å². The molecule has 0 aromatic heterocycles. The van der Waals surface area contributed by atoms with Gasteiger partial charge in [-0.1, -0.05) is 42.5 Å². The molecule has 0 spiro atoms. The van der Waals surface area contributed by atoms with Gasteiger partial charge >= 0.3 is 0 Å². The lowest BCUT2D eigenvalue weighted by molar-refractivity contribution is -0.128. The van der Waals surface area contributed by atoms with Gasteiger partial charge in [-0.15, -0.1) is 0 Å². The van der Waals surface area contributed by atoms with Crippen molar-refractivity contribution in [3.05, 3.63) is 60.2 Å². The molecule has 154 valence electrons. The summed E-state index contributed by atoms with van der Waals surface area (Å²) in [6.45, 7) is 1.04. The van der Waals surface area contributed by atoms with Crippen molar-refractivity contribution >= 4 is 21.6 Å². The molecule has 0 unspecified atom stereocenters. The molecule has 1 N–H and O–H groups in total. The van der Waals surface area contributed by atoms with Crippen molar-refractivity contribution in [1.29, 1.82) is 0 Å². The third-order valence-corrected chi connectivity index (χ3v) is 6.80. The second-order valence-electron chi connectivity index (χ2n) is 7.23. The topological polar surface area (TPSA) is 84.9 Å². The van der Waals surface area contributed by atoms with Crippen molar-refractivity contribution in [2.75, 3.05) is 24.0 Å². The maximum Gasteiger partial charge on any atom is 0.263 e. The van der Waals surface area contributed by atoms with E-state index in [1.165, 1.54) is 4.31 Å². The van der Waals surface area contributed by atoms with Gasteiger partial charge in [-0.25, -0.2) is 8.42 Å². The number of amides is 1. The summed E-state index contributed by atoms with van der Waals surface area (Å²) in [5.41, 5.74) is 1.14. The number of nitrogens with one attached hydrogen (secondary N) is 1. The number of ether oxygens (including phenoxy) is 2. The van der Waals surface area contributed by atoms with Gasteiger partial charge in [0.1, 0.15) is 5.75 Å². The predicted molar refractivity (Wildman–Crippen MR) is 109 cm³/mol. The van der Waals surface area contributed by atoms with Crippen LogP contribution in [0.2, 0.25) is 0 Å². The Balaban J connectivity index is 1.53. The van der Waals surface area contributed by atoms with Crippen molar-refractivity contribution < 1.29 is 22.7 Å². The summed E-state index contributed by atoms with van der Waals surface area (Å²) in [6, 6.07) is 15.9. The molecule has 8 heteroatoms. The summed E-state index contributed by atoms with van der Waals surface area (Å²) in [5, 5.41) is 2.84. The van der Waals surface area contributed by atoms with Gasteiger partial charge in [0.05, 0.1) is 24.1 Å². The number of carbonyl (C=O) groups is 1. The minimum Gasteiger partial charge on any atom is -0.476 e. The van der Waals surface area contributed by atoms with Crippen LogP contribution in [-0.4, -0.2) is 46.2 Å². The first kappa shape index (κ1) is 19.7. The van der Waals surface area contributed by atoms with E-state index in [0.717, 1.165) is 12.8 Å². The van der Waals surface area contributed by atoms with Gasteiger partial charge in [-0.2, -0.15) is 0 Å². The largest absolute Gasteiger partial charge is 0.476 e. The van der Waals surface area contributed by atoms with E-state index >= 15 is 0 Å². The smallest absolute Gasteiger partial charge is 0.263 e. The Bertz CT molecular complexity index is 958. The van der Waals surface area contributed by atoms with Gasteiger partial charge < -0.3 is 14.8 Å². The molecule has 2 heterocycles. The Labute approximate surface area is 170 Å². The van der Waals surface area contributed by atoms with Crippen molar-refractivity contribution in [1.82, 2.24) is 5.32 Å². The highest BCUT2D eigenvalue weighted by Crippen LogP contribution is 2.35. The molecule has 1 saturated heterocycles. The van der Waals surface area contributed by atoms with Crippen LogP contribution >= 0.6 is 0 Å². The number of benzene rings is 2. The maximum absolute atomic E-state index is 13.2. The molecular weight excluding hydrogens is 392 g/mol. The van der Waals surface area contributed by atoms with Crippen LogP contribution in [0.3, 0.4) is 0 Å². The Kier molecular flexibility index (Phi) is 5.73. The van der Waals surface area contributed by atoms with Crippen LogP contribution in [0.1, 0.15) is 18.4 Å². The fraction of sp³-hybridized carbons (Fsp3) is 0.381. The van der Waals surface area contributed by atoms with E-state index in [9.17, 15) is 13.2 Å². The van der Waals surface area contributed by atoms with E-state index in [4.69, 9.17) is 9.47 Å². The fourth-order valence-corrected chi connectivity index (χ4v) is 5.18. The molecular formula is C21H24N2O5S. The van der Waals surface area contributed by atoms with Crippen molar-refractivity contribution in [2.24, 2.45) is 0 Å². The van der Waals surface area contributed by atoms with E-state index < -0.39 is 16.1 Å². The number of carbonyl (C=O) groups excluding carboxylic acids is 1. The summed E-state index contributed by atoms with van der Waals surface area (Å²) < 4.78 is 39.0. The monoisotopic (exact) mass is 416 g/mol. The quantitative estimate of drug-likeness (QED) is 0.779. The SMILES string of the molecule is O=C(NC[C@H]1CCCO1)[C@@H]1CN(S(=O)(=O)Cc2ccccc2)c2ccccc2O1. The standard InChI is InChI=1S/C21H24N2O5S/c24-21(22-13-17-9-6-12-27-17)20-14-23(18-10-4-5-11-19(18)28-20)29(25,26)15-16-7-2-1-3-8-16/h1-5,7-8,10-11,17,20H,6,9,12-15H2,(H,22,24)/t17-,20+/m1/s1. The predicted octanol–water partition coefficient (Wildman–Crippen LogP) is 2.08. The van der Waals surface area contributed by atoms with Crippen molar-refractivity contribution in [3.8, 4) is 5.75 Å². The molecule has 4 rings (SSSR count). The Morgan fingerprint density at radius 1 is 1.10 bits per heavy atom. The van der Waals surface area contributed by atoms with E-state index in [1.807, 2.05) is 6.07 Å². The number of para-hydroxylation sites is 2. The second-order valence-corrected chi connectivity index (χ2v) is 9.12. The molecule has 7 nitrogen and oxygen atoms in total. The number of nitrogens with zero attached hydrogens (tertiary/aromatic N) is 1. The molecule has 1 fully saturated rings. The minimum atomic E-state index is -3.70. The summed E-state index contributed by atoms with van der Waals surface area (Å²) >= 11 is 0. The minimum absolute atomic E-state index is 0.00717. The number of hydrogen-bond acceptors (Lipinski definition) is 5. The Morgan fingerprint density at radius 2 is 1.86 bits per heavy atom. The molecule has 0 radical (unpaired) electrons. The maximum atomic E-state index is 13.2. The summed E-state index contributed by atoms with van der Waals surface area (Å²) in [6.07, 6.45) is 0.982. The molecule has 2 aliphatic heterocycles.